The van der Waals surface area contributed by atoms with Crippen LogP contribution in [0, 0.1) is 12.8 Å². The Morgan fingerprint density at radius 3 is 2.71 bits per heavy atom. The van der Waals surface area contributed by atoms with Crippen molar-refractivity contribution in [2.24, 2.45) is 5.92 Å². The molecule has 2 rings (SSSR count). The van der Waals surface area contributed by atoms with Gasteiger partial charge in [-0.05, 0) is 31.7 Å². The third-order valence-corrected chi connectivity index (χ3v) is 3.39. The summed E-state index contributed by atoms with van der Waals surface area (Å²) in [6.07, 6.45) is 4.55. The summed E-state index contributed by atoms with van der Waals surface area (Å²) in [5.74, 6) is 1.22. The second-order valence-electron chi connectivity index (χ2n) is 5.37. The van der Waals surface area contributed by atoms with Crippen molar-refractivity contribution in [2.75, 3.05) is 11.4 Å². The van der Waals surface area contributed by atoms with Crippen molar-refractivity contribution in [3.05, 3.63) is 23.5 Å². The molecule has 1 aliphatic carbocycles. The number of hydrogen-bond donors (Lipinski definition) is 0. The summed E-state index contributed by atoms with van der Waals surface area (Å²) in [5, 5.41) is 0. The summed E-state index contributed by atoms with van der Waals surface area (Å²) in [6.45, 7) is 7.69. The Bertz CT molecular complexity index is 386. The zero-order valence-electron chi connectivity index (χ0n) is 10.9. The van der Waals surface area contributed by atoms with Gasteiger partial charge in [0.05, 0.1) is 5.88 Å². The van der Waals surface area contributed by atoms with E-state index in [0.717, 1.165) is 23.8 Å². The Labute approximate surface area is 109 Å². The van der Waals surface area contributed by atoms with Gasteiger partial charge in [0.15, 0.2) is 0 Å². The summed E-state index contributed by atoms with van der Waals surface area (Å²) in [4.78, 5) is 6.87. The molecule has 0 radical (unpaired) electrons. The number of halogens is 1. The number of pyridine rings is 1. The fourth-order valence-electron chi connectivity index (χ4n) is 2.17. The largest absolute Gasteiger partial charge is 0.368 e. The van der Waals surface area contributed by atoms with Crippen molar-refractivity contribution in [3.63, 3.8) is 0 Å². The topological polar surface area (TPSA) is 16.1 Å². The first-order valence-corrected chi connectivity index (χ1v) is 6.93. The molecule has 0 atom stereocenters. The minimum atomic E-state index is 0.546. The number of aromatic nitrogens is 1. The Hall–Kier alpha value is -0.760. The van der Waals surface area contributed by atoms with Crippen LogP contribution in [-0.4, -0.2) is 17.6 Å². The van der Waals surface area contributed by atoms with E-state index in [1.165, 1.54) is 18.5 Å². The number of hydrogen-bond acceptors (Lipinski definition) is 2. The van der Waals surface area contributed by atoms with Gasteiger partial charge in [-0.3, -0.25) is 4.98 Å². The molecular formula is C14H21ClN2. The summed E-state index contributed by atoms with van der Waals surface area (Å²) >= 11 is 6.02. The van der Waals surface area contributed by atoms with Crippen LogP contribution in [0.15, 0.2) is 12.3 Å². The third-order valence-electron chi connectivity index (χ3n) is 3.10. The fourth-order valence-corrected chi connectivity index (χ4v) is 2.37. The van der Waals surface area contributed by atoms with Crippen LogP contribution in [0.25, 0.3) is 0 Å². The van der Waals surface area contributed by atoms with Gasteiger partial charge in [0.1, 0.15) is 0 Å². The molecule has 0 N–H and O–H groups in total. The molecule has 2 nitrogen and oxygen atoms in total. The Balaban J connectivity index is 2.30. The first kappa shape index (κ1) is 12.7. The molecule has 94 valence electrons. The highest BCUT2D eigenvalue weighted by atomic mass is 35.5. The summed E-state index contributed by atoms with van der Waals surface area (Å²) < 4.78 is 0. The standard InChI is InChI=1S/C14H21ClN2/c1-10(2)9-17(13-4-5-13)14-6-11(3)16-8-12(14)7-15/h6,8,10,13H,4-5,7,9H2,1-3H3. The van der Waals surface area contributed by atoms with E-state index in [2.05, 4.69) is 29.8 Å². The molecular weight excluding hydrogens is 232 g/mol. The summed E-state index contributed by atoms with van der Waals surface area (Å²) in [5.41, 5.74) is 3.52. The molecule has 1 saturated carbocycles. The van der Waals surface area contributed by atoms with Crippen molar-refractivity contribution in [1.82, 2.24) is 4.98 Å². The van der Waals surface area contributed by atoms with Gasteiger partial charge >= 0.3 is 0 Å². The minimum Gasteiger partial charge on any atom is -0.368 e. The lowest BCUT2D eigenvalue weighted by atomic mass is 10.1. The first-order valence-electron chi connectivity index (χ1n) is 6.40. The van der Waals surface area contributed by atoms with E-state index >= 15 is 0 Å². The van der Waals surface area contributed by atoms with Crippen molar-refractivity contribution in [2.45, 2.75) is 45.5 Å². The van der Waals surface area contributed by atoms with Crippen LogP contribution in [0.1, 0.15) is 37.9 Å². The van der Waals surface area contributed by atoms with Crippen LogP contribution in [-0.2, 0) is 5.88 Å². The maximum Gasteiger partial charge on any atom is 0.0509 e. The Morgan fingerprint density at radius 2 is 2.18 bits per heavy atom. The maximum atomic E-state index is 6.02. The highest BCUT2D eigenvalue weighted by Crippen LogP contribution is 2.34. The molecule has 0 unspecified atom stereocenters. The lowest BCUT2D eigenvalue weighted by molar-refractivity contribution is 0.606. The normalized spacial score (nSPS) is 15.4. The quantitative estimate of drug-likeness (QED) is 0.742. The molecule has 0 amide bonds. The monoisotopic (exact) mass is 252 g/mol. The maximum absolute atomic E-state index is 6.02. The molecule has 1 fully saturated rings. The molecule has 1 aliphatic rings. The van der Waals surface area contributed by atoms with Crippen molar-refractivity contribution >= 4 is 17.3 Å². The smallest absolute Gasteiger partial charge is 0.0509 e. The van der Waals surface area contributed by atoms with Crippen LogP contribution in [0.2, 0.25) is 0 Å². The van der Waals surface area contributed by atoms with E-state index in [1.54, 1.807) is 0 Å². The number of alkyl halides is 1. The number of anilines is 1. The van der Waals surface area contributed by atoms with Gasteiger partial charge in [0.25, 0.3) is 0 Å². The second kappa shape index (κ2) is 5.26. The van der Waals surface area contributed by atoms with Gasteiger partial charge < -0.3 is 4.90 Å². The molecule has 1 aromatic rings. The molecule has 1 heterocycles. The molecule has 1 aromatic heterocycles. The lowest BCUT2D eigenvalue weighted by Gasteiger charge is -2.28. The van der Waals surface area contributed by atoms with Gasteiger partial charge in [0.2, 0.25) is 0 Å². The van der Waals surface area contributed by atoms with E-state index in [-0.39, 0.29) is 0 Å². The van der Waals surface area contributed by atoms with E-state index in [4.69, 9.17) is 11.6 Å². The predicted molar refractivity (Wildman–Crippen MR) is 73.7 cm³/mol. The molecule has 0 aromatic carbocycles. The lowest BCUT2D eigenvalue weighted by Crippen LogP contribution is -2.30. The zero-order valence-corrected chi connectivity index (χ0v) is 11.7. The SMILES string of the molecule is Cc1cc(N(CC(C)C)C2CC2)c(CCl)cn1. The van der Waals surface area contributed by atoms with Crippen LogP contribution < -0.4 is 4.90 Å². The Kier molecular flexibility index (Phi) is 3.93. The summed E-state index contributed by atoms with van der Waals surface area (Å²) in [6, 6.07) is 2.90. The van der Waals surface area contributed by atoms with E-state index in [0.29, 0.717) is 11.8 Å². The second-order valence-corrected chi connectivity index (χ2v) is 5.63. The molecule has 0 saturated heterocycles. The minimum absolute atomic E-state index is 0.546. The third kappa shape index (κ3) is 3.12. The van der Waals surface area contributed by atoms with Crippen molar-refractivity contribution < 1.29 is 0 Å². The van der Waals surface area contributed by atoms with E-state index in [9.17, 15) is 0 Å². The summed E-state index contributed by atoms with van der Waals surface area (Å²) in [7, 11) is 0. The zero-order chi connectivity index (χ0) is 12.4. The van der Waals surface area contributed by atoms with Crippen LogP contribution in [0.4, 0.5) is 5.69 Å². The highest BCUT2D eigenvalue weighted by Gasteiger charge is 2.30. The van der Waals surface area contributed by atoms with Crippen LogP contribution in [0.3, 0.4) is 0 Å². The van der Waals surface area contributed by atoms with Gasteiger partial charge in [-0.15, -0.1) is 11.6 Å². The fraction of sp³-hybridized carbons (Fsp3) is 0.643. The van der Waals surface area contributed by atoms with Crippen molar-refractivity contribution in [3.8, 4) is 0 Å². The highest BCUT2D eigenvalue weighted by molar-refractivity contribution is 6.17. The van der Waals surface area contributed by atoms with Gasteiger partial charge in [0, 0.05) is 35.7 Å². The number of nitrogens with zero attached hydrogens (tertiary/aromatic N) is 2. The Morgan fingerprint density at radius 1 is 1.47 bits per heavy atom. The van der Waals surface area contributed by atoms with Gasteiger partial charge in [-0.25, -0.2) is 0 Å². The average molecular weight is 253 g/mol. The molecule has 17 heavy (non-hydrogen) atoms. The number of aryl methyl sites for hydroxylation is 1. The number of rotatable bonds is 5. The first-order chi connectivity index (χ1) is 8.11. The van der Waals surface area contributed by atoms with Crippen LogP contribution in [0.5, 0.6) is 0 Å². The molecule has 0 spiro atoms. The van der Waals surface area contributed by atoms with Crippen LogP contribution >= 0.6 is 11.6 Å². The van der Waals surface area contributed by atoms with Gasteiger partial charge in [-0.1, -0.05) is 13.8 Å². The van der Waals surface area contributed by atoms with E-state index in [1.807, 2.05) is 13.1 Å². The molecule has 0 bridgehead atoms. The average Bonchev–Trinajstić information content (AvgIpc) is 3.09. The van der Waals surface area contributed by atoms with Gasteiger partial charge in [-0.2, -0.15) is 0 Å². The predicted octanol–water partition coefficient (Wildman–Crippen LogP) is 3.75. The van der Waals surface area contributed by atoms with E-state index < -0.39 is 0 Å². The molecule has 0 aliphatic heterocycles. The molecule has 3 heteroatoms. The van der Waals surface area contributed by atoms with Crippen molar-refractivity contribution in [1.29, 1.82) is 0 Å².